The molecule has 0 aromatic heterocycles. The lowest BCUT2D eigenvalue weighted by Gasteiger charge is -2.15. The van der Waals surface area contributed by atoms with E-state index >= 15 is 0 Å². The fourth-order valence-corrected chi connectivity index (χ4v) is 1.79. The van der Waals surface area contributed by atoms with Crippen LogP contribution >= 0.6 is 0 Å². The van der Waals surface area contributed by atoms with Gasteiger partial charge in [-0.25, -0.2) is 0 Å². The summed E-state index contributed by atoms with van der Waals surface area (Å²) in [6.45, 7) is 2.73. The number of carbonyl (C=O) groups is 1. The smallest absolute Gasteiger partial charge is 0.229 e. The Kier molecular flexibility index (Phi) is 2.42. The highest BCUT2D eigenvalue weighted by molar-refractivity contribution is 5.96. The van der Waals surface area contributed by atoms with Crippen LogP contribution in [0, 0.1) is 17.2 Å². The Balaban J connectivity index is 2.24. The average molecular weight is 200 g/mol. The second kappa shape index (κ2) is 3.74. The Labute approximate surface area is 88.9 Å². The summed E-state index contributed by atoms with van der Waals surface area (Å²) in [6, 6.07) is 9.20. The SMILES string of the molecule is CC1CCN(c2ccc(C#N)cc2)C1=O. The number of hydrogen-bond acceptors (Lipinski definition) is 2. The molecule has 2 rings (SSSR count). The van der Waals surface area contributed by atoms with Gasteiger partial charge in [-0.15, -0.1) is 0 Å². The topological polar surface area (TPSA) is 44.1 Å². The molecule has 1 aromatic rings. The Bertz CT molecular complexity index is 416. The highest BCUT2D eigenvalue weighted by Gasteiger charge is 2.28. The van der Waals surface area contributed by atoms with Crippen molar-refractivity contribution in [3.8, 4) is 6.07 Å². The van der Waals surface area contributed by atoms with Gasteiger partial charge in [-0.2, -0.15) is 5.26 Å². The molecule has 0 N–H and O–H groups in total. The minimum Gasteiger partial charge on any atom is -0.312 e. The van der Waals surface area contributed by atoms with Crippen molar-refractivity contribution in [3.63, 3.8) is 0 Å². The zero-order valence-corrected chi connectivity index (χ0v) is 8.60. The van der Waals surface area contributed by atoms with Gasteiger partial charge >= 0.3 is 0 Å². The quantitative estimate of drug-likeness (QED) is 0.695. The van der Waals surface area contributed by atoms with E-state index < -0.39 is 0 Å². The molecule has 0 saturated carbocycles. The Hall–Kier alpha value is -1.82. The summed E-state index contributed by atoms with van der Waals surface area (Å²) in [5.41, 5.74) is 1.52. The zero-order chi connectivity index (χ0) is 10.8. The Morgan fingerprint density at radius 2 is 2.07 bits per heavy atom. The van der Waals surface area contributed by atoms with E-state index in [-0.39, 0.29) is 11.8 Å². The molecule has 1 heterocycles. The van der Waals surface area contributed by atoms with Crippen LogP contribution in [-0.4, -0.2) is 12.5 Å². The maximum atomic E-state index is 11.7. The van der Waals surface area contributed by atoms with Crippen molar-refractivity contribution in [3.05, 3.63) is 29.8 Å². The highest BCUT2D eigenvalue weighted by atomic mass is 16.2. The summed E-state index contributed by atoms with van der Waals surface area (Å²) < 4.78 is 0. The summed E-state index contributed by atoms with van der Waals surface area (Å²) in [5, 5.41) is 8.66. The second-order valence-electron chi connectivity index (χ2n) is 3.84. The van der Waals surface area contributed by atoms with E-state index in [0.717, 1.165) is 18.7 Å². The lowest BCUT2D eigenvalue weighted by Crippen LogP contribution is -2.25. The zero-order valence-electron chi connectivity index (χ0n) is 8.60. The number of nitriles is 1. The minimum absolute atomic E-state index is 0.126. The molecule has 1 amide bonds. The van der Waals surface area contributed by atoms with Gasteiger partial charge in [0.2, 0.25) is 5.91 Å². The van der Waals surface area contributed by atoms with Gasteiger partial charge in [0, 0.05) is 18.2 Å². The molecule has 76 valence electrons. The first-order valence-electron chi connectivity index (χ1n) is 5.04. The van der Waals surface area contributed by atoms with Gasteiger partial charge in [0.05, 0.1) is 11.6 Å². The second-order valence-corrected chi connectivity index (χ2v) is 3.84. The van der Waals surface area contributed by atoms with Crippen molar-refractivity contribution in [2.45, 2.75) is 13.3 Å². The van der Waals surface area contributed by atoms with Crippen molar-refractivity contribution in [2.24, 2.45) is 5.92 Å². The van der Waals surface area contributed by atoms with Crippen molar-refractivity contribution in [1.29, 1.82) is 5.26 Å². The summed E-state index contributed by atoms with van der Waals surface area (Å²) in [5.74, 6) is 0.306. The number of anilines is 1. The van der Waals surface area contributed by atoms with Crippen molar-refractivity contribution >= 4 is 11.6 Å². The summed E-state index contributed by atoms with van der Waals surface area (Å²) in [6.07, 6.45) is 0.916. The number of nitrogens with zero attached hydrogens (tertiary/aromatic N) is 2. The first-order valence-corrected chi connectivity index (χ1v) is 5.04. The Morgan fingerprint density at radius 3 is 2.53 bits per heavy atom. The van der Waals surface area contributed by atoms with E-state index in [2.05, 4.69) is 6.07 Å². The maximum Gasteiger partial charge on any atom is 0.229 e. The molecule has 3 nitrogen and oxygen atoms in total. The summed E-state index contributed by atoms with van der Waals surface area (Å²) in [7, 11) is 0. The van der Waals surface area contributed by atoms with Crippen LogP contribution in [0.3, 0.4) is 0 Å². The third kappa shape index (κ3) is 1.71. The first kappa shape index (κ1) is 9.72. The molecule has 1 aliphatic rings. The molecule has 1 saturated heterocycles. The summed E-state index contributed by atoms with van der Waals surface area (Å²) in [4.78, 5) is 13.5. The minimum atomic E-state index is 0.126. The van der Waals surface area contributed by atoms with Crippen LogP contribution in [0.5, 0.6) is 0 Å². The van der Waals surface area contributed by atoms with Crippen LogP contribution < -0.4 is 4.90 Å². The van der Waals surface area contributed by atoms with Crippen LogP contribution in [0.1, 0.15) is 18.9 Å². The third-order valence-electron chi connectivity index (χ3n) is 2.78. The van der Waals surface area contributed by atoms with Crippen LogP contribution in [0.2, 0.25) is 0 Å². The van der Waals surface area contributed by atoms with E-state index in [4.69, 9.17) is 5.26 Å². The van der Waals surface area contributed by atoms with Gasteiger partial charge in [-0.3, -0.25) is 4.79 Å². The van der Waals surface area contributed by atoms with E-state index in [0.29, 0.717) is 5.56 Å². The number of rotatable bonds is 1. The molecule has 0 spiro atoms. The average Bonchev–Trinajstić information content (AvgIpc) is 2.60. The molecule has 1 unspecified atom stereocenters. The molecule has 15 heavy (non-hydrogen) atoms. The van der Waals surface area contributed by atoms with Gasteiger partial charge < -0.3 is 4.90 Å². The van der Waals surface area contributed by atoms with Gasteiger partial charge in [-0.05, 0) is 30.7 Å². The molecular formula is C12H12N2O. The molecular weight excluding hydrogens is 188 g/mol. The largest absolute Gasteiger partial charge is 0.312 e. The number of carbonyl (C=O) groups excluding carboxylic acids is 1. The van der Waals surface area contributed by atoms with Crippen LogP contribution in [0.25, 0.3) is 0 Å². The third-order valence-corrected chi connectivity index (χ3v) is 2.78. The number of amides is 1. The monoisotopic (exact) mass is 200 g/mol. The molecule has 1 aromatic carbocycles. The number of benzene rings is 1. The highest BCUT2D eigenvalue weighted by Crippen LogP contribution is 2.24. The van der Waals surface area contributed by atoms with Crippen molar-refractivity contribution in [1.82, 2.24) is 0 Å². The maximum absolute atomic E-state index is 11.7. The first-order chi connectivity index (χ1) is 7.22. The van der Waals surface area contributed by atoms with Crippen molar-refractivity contribution < 1.29 is 4.79 Å². The van der Waals surface area contributed by atoms with Crippen LogP contribution in [0.15, 0.2) is 24.3 Å². The van der Waals surface area contributed by atoms with Crippen LogP contribution in [0.4, 0.5) is 5.69 Å². The molecule has 0 bridgehead atoms. The lowest BCUT2D eigenvalue weighted by atomic mass is 10.1. The normalized spacial score (nSPS) is 20.4. The van der Waals surface area contributed by atoms with Crippen LogP contribution in [-0.2, 0) is 4.79 Å². The van der Waals surface area contributed by atoms with E-state index in [9.17, 15) is 4.79 Å². The molecule has 0 aliphatic carbocycles. The predicted octanol–water partition coefficient (Wildman–Crippen LogP) is 1.93. The fourth-order valence-electron chi connectivity index (χ4n) is 1.79. The number of hydrogen-bond donors (Lipinski definition) is 0. The van der Waals surface area contributed by atoms with Crippen molar-refractivity contribution in [2.75, 3.05) is 11.4 Å². The molecule has 0 radical (unpaired) electrons. The van der Waals surface area contributed by atoms with E-state index in [1.54, 1.807) is 17.0 Å². The predicted molar refractivity (Wildman–Crippen MR) is 57.3 cm³/mol. The molecule has 1 aliphatic heterocycles. The fraction of sp³-hybridized carbons (Fsp3) is 0.333. The van der Waals surface area contributed by atoms with E-state index in [1.165, 1.54) is 0 Å². The van der Waals surface area contributed by atoms with Gasteiger partial charge in [-0.1, -0.05) is 6.92 Å². The van der Waals surface area contributed by atoms with Gasteiger partial charge in [0.15, 0.2) is 0 Å². The lowest BCUT2D eigenvalue weighted by molar-refractivity contribution is -0.119. The van der Waals surface area contributed by atoms with Gasteiger partial charge in [0.1, 0.15) is 0 Å². The standard InChI is InChI=1S/C12H12N2O/c1-9-6-7-14(12(9)15)11-4-2-10(8-13)3-5-11/h2-5,9H,6-7H2,1H3. The summed E-state index contributed by atoms with van der Waals surface area (Å²) >= 11 is 0. The Morgan fingerprint density at radius 1 is 1.40 bits per heavy atom. The van der Waals surface area contributed by atoms with Gasteiger partial charge in [0.25, 0.3) is 0 Å². The molecule has 3 heteroatoms. The molecule has 1 fully saturated rings. The molecule has 1 atom stereocenters. The van der Waals surface area contributed by atoms with E-state index in [1.807, 2.05) is 19.1 Å².